The Labute approximate surface area is 182 Å². The molecule has 1 amide bonds. The first-order valence-electron chi connectivity index (χ1n) is 10.1. The molecule has 1 saturated carbocycles. The van der Waals surface area contributed by atoms with Crippen LogP contribution in [-0.2, 0) is 14.2 Å². The van der Waals surface area contributed by atoms with Gasteiger partial charge in [-0.15, -0.1) is 3.89 Å². The van der Waals surface area contributed by atoms with Crippen LogP contribution in [0.3, 0.4) is 0 Å². The predicted octanol–water partition coefficient (Wildman–Crippen LogP) is 3.72. The molecule has 11 heteroatoms. The van der Waals surface area contributed by atoms with Gasteiger partial charge in [-0.2, -0.15) is 14.3 Å². The van der Waals surface area contributed by atoms with Crippen LogP contribution in [0.4, 0.5) is 9.70 Å². The van der Waals surface area contributed by atoms with E-state index in [-0.39, 0.29) is 24.3 Å². The molecule has 2 atom stereocenters. The van der Waals surface area contributed by atoms with Crippen LogP contribution in [0.1, 0.15) is 53.1 Å². The van der Waals surface area contributed by atoms with Crippen molar-refractivity contribution in [3.8, 4) is 0 Å². The van der Waals surface area contributed by atoms with E-state index in [0.29, 0.717) is 47.0 Å². The van der Waals surface area contributed by atoms with Crippen molar-refractivity contribution >= 4 is 35.0 Å². The maximum atomic E-state index is 13.3. The van der Waals surface area contributed by atoms with Crippen molar-refractivity contribution in [1.82, 2.24) is 19.4 Å². The van der Waals surface area contributed by atoms with Crippen LogP contribution in [0.15, 0.2) is 24.4 Å². The average Bonchev–Trinajstić information content (AvgIpc) is 3.59. The van der Waals surface area contributed by atoms with Crippen LogP contribution in [0.5, 0.6) is 0 Å². The zero-order valence-corrected chi connectivity index (χ0v) is 17.7. The van der Waals surface area contributed by atoms with E-state index in [4.69, 9.17) is 14.2 Å². The van der Waals surface area contributed by atoms with E-state index in [2.05, 4.69) is 20.6 Å². The molecule has 0 radical (unpaired) electrons. The molecule has 0 spiro atoms. The summed E-state index contributed by atoms with van der Waals surface area (Å²) in [6.45, 7) is 0.862. The molecule has 2 N–H and O–H groups in total. The second-order valence-electron chi connectivity index (χ2n) is 7.69. The Bertz CT molecular complexity index is 1100. The fourth-order valence-corrected chi connectivity index (χ4v) is 4.67. The molecule has 31 heavy (non-hydrogen) atoms. The third-order valence-corrected chi connectivity index (χ3v) is 6.27. The van der Waals surface area contributed by atoms with Gasteiger partial charge in [-0.1, -0.05) is 0 Å². The molecule has 3 heterocycles. The summed E-state index contributed by atoms with van der Waals surface area (Å²) in [6.07, 6.45) is 4.07. The number of methoxy groups -OCH3 is 1. The number of nitrogens with one attached hydrogen (secondary N) is 2. The second kappa shape index (κ2) is 8.58. The number of anilines is 1. The van der Waals surface area contributed by atoms with Crippen molar-refractivity contribution < 1.29 is 22.9 Å². The second-order valence-corrected chi connectivity index (χ2v) is 8.18. The van der Waals surface area contributed by atoms with Gasteiger partial charge in [-0.3, -0.25) is 9.89 Å². The van der Waals surface area contributed by atoms with E-state index < -0.39 is 6.29 Å². The van der Waals surface area contributed by atoms with Crippen molar-refractivity contribution in [3.63, 3.8) is 0 Å². The molecular weight excluding hydrogens is 425 g/mol. The Balaban J connectivity index is 1.39. The van der Waals surface area contributed by atoms with Crippen molar-refractivity contribution in [3.05, 3.63) is 41.2 Å². The van der Waals surface area contributed by atoms with Gasteiger partial charge in [-0.25, -0.2) is 0 Å². The summed E-state index contributed by atoms with van der Waals surface area (Å²) < 4.78 is 31.1. The molecule has 1 aliphatic heterocycles. The Kier molecular flexibility index (Phi) is 5.65. The number of H-pyrrole nitrogens is 1. The molecule has 2 fully saturated rings. The number of aromatic amines is 1. The zero-order valence-electron chi connectivity index (χ0n) is 16.8. The highest BCUT2D eigenvalue weighted by Gasteiger charge is 2.28. The molecule has 1 saturated heterocycles. The minimum Gasteiger partial charge on any atom is -0.381 e. The smallest absolute Gasteiger partial charge is 0.256 e. The maximum absolute atomic E-state index is 13.3. The van der Waals surface area contributed by atoms with E-state index >= 15 is 0 Å². The zero-order chi connectivity index (χ0) is 21.4. The number of ether oxygens (including phenoxy) is 3. The van der Waals surface area contributed by atoms with Crippen LogP contribution in [0.25, 0.3) is 10.9 Å². The van der Waals surface area contributed by atoms with Gasteiger partial charge in [-0.05, 0) is 31.4 Å². The van der Waals surface area contributed by atoms with Gasteiger partial charge in [0.05, 0.1) is 31.0 Å². The van der Waals surface area contributed by atoms with Gasteiger partial charge in [0.2, 0.25) is 0 Å². The van der Waals surface area contributed by atoms with Crippen molar-refractivity contribution in [2.75, 3.05) is 25.6 Å². The SMILES string of the molecule is COC1CCC(c2cc(NC(=O)c3cc(C4OCCO4)c4c(cnn4SF)c3)n[nH]2)C1. The number of carbonyl (C=O) groups is 1. The molecule has 1 aromatic carbocycles. The first-order chi connectivity index (χ1) is 15.2. The minimum absolute atomic E-state index is 0.0179. The van der Waals surface area contributed by atoms with Gasteiger partial charge in [0.1, 0.15) is 0 Å². The van der Waals surface area contributed by atoms with Crippen molar-refractivity contribution in [1.29, 1.82) is 0 Å². The van der Waals surface area contributed by atoms with E-state index in [1.54, 1.807) is 19.2 Å². The van der Waals surface area contributed by atoms with Gasteiger partial charge in [0.25, 0.3) is 5.91 Å². The van der Waals surface area contributed by atoms with Gasteiger partial charge >= 0.3 is 0 Å². The van der Waals surface area contributed by atoms with E-state index in [0.717, 1.165) is 29.0 Å². The molecule has 0 bridgehead atoms. The number of nitrogens with zero attached hydrogens (tertiary/aromatic N) is 3. The number of hydrogen-bond acceptors (Lipinski definition) is 7. The number of hydrogen-bond donors (Lipinski definition) is 2. The lowest BCUT2D eigenvalue weighted by atomic mass is 10.0. The maximum Gasteiger partial charge on any atom is 0.256 e. The number of carbonyl (C=O) groups excluding carboxylic acids is 1. The van der Waals surface area contributed by atoms with Crippen LogP contribution in [0.2, 0.25) is 0 Å². The molecule has 5 rings (SSSR count). The highest BCUT2D eigenvalue weighted by molar-refractivity contribution is 7.92. The molecule has 2 aromatic heterocycles. The first kappa shape index (κ1) is 20.4. The largest absolute Gasteiger partial charge is 0.381 e. The van der Waals surface area contributed by atoms with Crippen LogP contribution >= 0.6 is 12.3 Å². The Morgan fingerprint density at radius 2 is 2.16 bits per heavy atom. The quantitative estimate of drug-likeness (QED) is 0.594. The third kappa shape index (κ3) is 3.93. The fourth-order valence-electron chi connectivity index (χ4n) is 4.31. The van der Waals surface area contributed by atoms with Gasteiger partial charge in [0, 0.05) is 41.3 Å². The lowest BCUT2D eigenvalue weighted by Crippen LogP contribution is -2.13. The highest BCUT2D eigenvalue weighted by atomic mass is 32.2. The number of aromatic nitrogens is 4. The van der Waals surface area contributed by atoms with Crippen molar-refractivity contribution in [2.24, 2.45) is 0 Å². The van der Waals surface area contributed by atoms with E-state index in [9.17, 15) is 8.68 Å². The van der Waals surface area contributed by atoms with Crippen molar-refractivity contribution in [2.45, 2.75) is 37.6 Å². The molecule has 9 nitrogen and oxygen atoms in total. The number of rotatable bonds is 6. The molecule has 2 aliphatic rings. The van der Waals surface area contributed by atoms with Gasteiger partial charge in [0.15, 0.2) is 24.4 Å². The Morgan fingerprint density at radius 1 is 1.32 bits per heavy atom. The molecule has 3 aromatic rings. The highest BCUT2D eigenvalue weighted by Crippen LogP contribution is 2.36. The minimum atomic E-state index is -0.675. The summed E-state index contributed by atoms with van der Waals surface area (Å²) in [5.74, 6) is 0.457. The molecule has 164 valence electrons. The van der Waals surface area contributed by atoms with E-state index in [1.165, 1.54) is 6.20 Å². The molecule has 1 aliphatic carbocycles. The Morgan fingerprint density at radius 3 is 2.90 bits per heavy atom. The van der Waals surface area contributed by atoms with Crippen LogP contribution in [0, 0.1) is 0 Å². The summed E-state index contributed by atoms with van der Waals surface area (Å²) >= 11 is -0.0179. The average molecular weight is 447 g/mol. The molecular formula is C20H22FN5O4S. The molecule has 2 unspecified atom stereocenters. The lowest BCUT2D eigenvalue weighted by Gasteiger charge is -2.13. The standard InChI is InChI=1S/C20H22FN5O4S/c1-28-14-3-2-11(7-14)16-9-17(25-24-16)23-19(27)12-6-13-10-22-26(31-21)18(13)15(8-12)20-29-4-5-30-20/h6,8-11,14,20H,2-5,7H2,1H3,(H2,23,24,25,27). The first-order valence-corrected chi connectivity index (χ1v) is 10.8. The normalized spacial score (nSPS) is 21.9. The number of amides is 1. The summed E-state index contributed by atoms with van der Waals surface area (Å²) in [5, 5.41) is 14.7. The summed E-state index contributed by atoms with van der Waals surface area (Å²) in [6, 6.07) is 5.17. The van der Waals surface area contributed by atoms with Gasteiger partial charge < -0.3 is 19.5 Å². The lowest BCUT2D eigenvalue weighted by molar-refractivity contribution is -0.0431. The predicted molar refractivity (Wildman–Crippen MR) is 112 cm³/mol. The summed E-state index contributed by atoms with van der Waals surface area (Å²) in [7, 11) is 1.73. The fraction of sp³-hybridized carbons (Fsp3) is 0.450. The summed E-state index contributed by atoms with van der Waals surface area (Å²) in [5.41, 5.74) is 2.45. The van der Waals surface area contributed by atoms with Crippen LogP contribution < -0.4 is 5.32 Å². The third-order valence-electron chi connectivity index (χ3n) is 5.86. The van der Waals surface area contributed by atoms with Crippen LogP contribution in [-0.4, -0.2) is 51.7 Å². The topological polar surface area (TPSA) is 103 Å². The van der Waals surface area contributed by atoms with E-state index in [1.807, 2.05) is 6.07 Å². The number of benzene rings is 1. The summed E-state index contributed by atoms with van der Waals surface area (Å²) in [4.78, 5) is 13.0. The monoisotopic (exact) mass is 447 g/mol. The number of halogens is 1. The Hall–Kier alpha value is -2.47. The number of fused-ring (bicyclic) bond motifs is 1.